The first-order chi connectivity index (χ1) is 13.0. The number of benzene rings is 1. The lowest BCUT2D eigenvalue weighted by Gasteiger charge is -2.31. The van der Waals surface area contributed by atoms with E-state index in [2.05, 4.69) is 0 Å². The van der Waals surface area contributed by atoms with Crippen molar-refractivity contribution in [1.82, 2.24) is 9.62 Å². The van der Waals surface area contributed by atoms with Crippen LogP contribution in [0.5, 0.6) is 0 Å². The molecule has 1 fully saturated rings. The summed E-state index contributed by atoms with van der Waals surface area (Å²) in [5.41, 5.74) is 4.84. The molecule has 3 amide bonds. The van der Waals surface area contributed by atoms with E-state index in [0.29, 0.717) is 0 Å². The number of primary amides is 1. The standard InChI is InChI=1S/C16H19Cl2N3O6S/c1-9(14(22)20-16(19)24)27-15(23)10-5-7-21(8-6-10)28(25,26)13-11(17)3-2-4-12(13)18/h2-4,9-10H,5-8H2,1H3,(H3,19,20,22,24). The molecule has 0 saturated carbocycles. The van der Waals surface area contributed by atoms with Crippen molar-refractivity contribution in [2.45, 2.75) is 30.8 Å². The third kappa shape index (κ3) is 5.13. The third-order valence-corrected chi connectivity index (χ3v) is 7.07. The van der Waals surface area contributed by atoms with Gasteiger partial charge in [-0.15, -0.1) is 0 Å². The van der Waals surface area contributed by atoms with Crippen molar-refractivity contribution in [3.05, 3.63) is 28.2 Å². The lowest BCUT2D eigenvalue weighted by Crippen LogP contribution is -2.44. The minimum atomic E-state index is -3.92. The maximum absolute atomic E-state index is 12.8. The Hall–Kier alpha value is -1.88. The molecule has 0 bridgehead atoms. The van der Waals surface area contributed by atoms with Gasteiger partial charge in [0.2, 0.25) is 10.0 Å². The molecule has 1 saturated heterocycles. The van der Waals surface area contributed by atoms with Crippen LogP contribution in [0.2, 0.25) is 10.0 Å². The number of imide groups is 1. The van der Waals surface area contributed by atoms with Gasteiger partial charge in [-0.3, -0.25) is 14.9 Å². The Balaban J connectivity index is 1.99. The SMILES string of the molecule is CC(OC(=O)C1CCN(S(=O)(=O)c2c(Cl)cccc2Cl)CC1)C(=O)NC(N)=O. The maximum Gasteiger partial charge on any atom is 0.318 e. The minimum absolute atomic E-state index is 0.0170. The van der Waals surface area contributed by atoms with E-state index in [0.717, 1.165) is 0 Å². The molecule has 0 aromatic heterocycles. The van der Waals surface area contributed by atoms with Gasteiger partial charge >= 0.3 is 12.0 Å². The molecule has 1 atom stereocenters. The number of nitrogens with one attached hydrogen (secondary N) is 1. The van der Waals surface area contributed by atoms with Crippen LogP contribution in [0, 0.1) is 5.92 Å². The molecule has 154 valence electrons. The van der Waals surface area contributed by atoms with Gasteiger partial charge < -0.3 is 10.5 Å². The Labute approximate surface area is 172 Å². The Morgan fingerprint density at radius 1 is 1.21 bits per heavy atom. The van der Waals surface area contributed by atoms with Crippen LogP contribution in [0.15, 0.2) is 23.1 Å². The normalized spacial score (nSPS) is 17.0. The fourth-order valence-electron chi connectivity index (χ4n) is 2.74. The summed E-state index contributed by atoms with van der Waals surface area (Å²) in [6.45, 7) is 1.42. The van der Waals surface area contributed by atoms with E-state index in [1.807, 2.05) is 5.32 Å². The number of rotatable bonds is 5. The highest BCUT2D eigenvalue weighted by molar-refractivity contribution is 7.89. The summed E-state index contributed by atoms with van der Waals surface area (Å²) in [5.74, 6) is -2.08. The van der Waals surface area contributed by atoms with Gasteiger partial charge in [0.15, 0.2) is 6.10 Å². The summed E-state index contributed by atoms with van der Waals surface area (Å²) in [6.07, 6.45) is -0.808. The highest BCUT2D eigenvalue weighted by Crippen LogP contribution is 2.33. The van der Waals surface area contributed by atoms with Crippen LogP contribution in [-0.2, 0) is 24.3 Å². The molecule has 1 unspecified atom stereocenters. The number of hydrogen-bond acceptors (Lipinski definition) is 6. The van der Waals surface area contributed by atoms with Crippen molar-refractivity contribution >= 4 is 51.1 Å². The van der Waals surface area contributed by atoms with Crippen molar-refractivity contribution < 1.29 is 27.5 Å². The Morgan fingerprint density at radius 3 is 2.25 bits per heavy atom. The first-order valence-electron chi connectivity index (χ1n) is 8.29. The molecule has 9 nitrogen and oxygen atoms in total. The van der Waals surface area contributed by atoms with Crippen molar-refractivity contribution in [2.24, 2.45) is 11.7 Å². The summed E-state index contributed by atoms with van der Waals surface area (Å²) in [7, 11) is -3.92. The summed E-state index contributed by atoms with van der Waals surface area (Å²) >= 11 is 12.0. The highest BCUT2D eigenvalue weighted by Gasteiger charge is 2.35. The number of carbonyl (C=O) groups excluding carboxylic acids is 3. The molecular formula is C16H19Cl2N3O6S. The summed E-state index contributed by atoms with van der Waals surface area (Å²) in [5, 5.41) is 1.85. The van der Waals surface area contributed by atoms with Crippen molar-refractivity contribution in [3.63, 3.8) is 0 Å². The van der Waals surface area contributed by atoms with Crippen LogP contribution in [0.1, 0.15) is 19.8 Å². The lowest BCUT2D eigenvalue weighted by molar-refractivity contribution is -0.159. The second-order valence-electron chi connectivity index (χ2n) is 6.16. The van der Waals surface area contributed by atoms with E-state index in [1.54, 1.807) is 6.07 Å². The topological polar surface area (TPSA) is 136 Å². The number of esters is 1. The first-order valence-corrected chi connectivity index (χ1v) is 10.5. The molecule has 1 aliphatic heterocycles. The van der Waals surface area contributed by atoms with Gasteiger partial charge in [0, 0.05) is 13.1 Å². The number of hydrogen-bond donors (Lipinski definition) is 2. The Kier molecular flexibility index (Phi) is 7.27. The molecule has 12 heteroatoms. The Morgan fingerprint density at radius 2 is 1.75 bits per heavy atom. The van der Waals surface area contributed by atoms with Crippen LogP contribution in [0.25, 0.3) is 0 Å². The van der Waals surface area contributed by atoms with Gasteiger partial charge in [-0.25, -0.2) is 13.2 Å². The quantitative estimate of drug-likeness (QED) is 0.651. The smallest absolute Gasteiger partial charge is 0.318 e. The van der Waals surface area contributed by atoms with E-state index in [-0.39, 0.29) is 40.9 Å². The largest absolute Gasteiger partial charge is 0.452 e. The highest BCUT2D eigenvalue weighted by atomic mass is 35.5. The second kappa shape index (κ2) is 9.08. The number of piperidine rings is 1. The average Bonchev–Trinajstić information content (AvgIpc) is 2.60. The van der Waals surface area contributed by atoms with Gasteiger partial charge in [0.25, 0.3) is 5.91 Å². The van der Waals surface area contributed by atoms with Crippen LogP contribution < -0.4 is 11.1 Å². The summed E-state index contributed by atoms with van der Waals surface area (Å²) in [6, 6.07) is 3.36. The number of urea groups is 1. The maximum atomic E-state index is 12.8. The minimum Gasteiger partial charge on any atom is -0.452 e. The molecule has 1 aromatic rings. The van der Waals surface area contributed by atoms with Gasteiger partial charge in [-0.2, -0.15) is 4.31 Å². The predicted molar refractivity (Wildman–Crippen MR) is 101 cm³/mol. The number of halogens is 2. The third-order valence-electron chi connectivity index (χ3n) is 4.21. The summed E-state index contributed by atoms with van der Waals surface area (Å²) < 4.78 is 31.9. The molecule has 0 aliphatic carbocycles. The van der Waals surface area contributed by atoms with Crippen molar-refractivity contribution in [3.8, 4) is 0 Å². The zero-order valence-electron chi connectivity index (χ0n) is 14.9. The van der Waals surface area contributed by atoms with Crippen LogP contribution in [0.4, 0.5) is 4.79 Å². The number of nitrogens with two attached hydrogens (primary N) is 1. The molecule has 1 aliphatic rings. The van der Waals surface area contributed by atoms with E-state index >= 15 is 0 Å². The molecule has 28 heavy (non-hydrogen) atoms. The number of nitrogens with zero attached hydrogens (tertiary/aromatic N) is 1. The fraction of sp³-hybridized carbons (Fsp3) is 0.438. The monoisotopic (exact) mass is 451 g/mol. The molecule has 0 spiro atoms. The van der Waals surface area contributed by atoms with Gasteiger partial charge in [-0.1, -0.05) is 29.3 Å². The number of ether oxygens (including phenoxy) is 1. The summed E-state index contributed by atoms with van der Waals surface area (Å²) in [4.78, 5) is 34.3. The number of sulfonamides is 1. The average molecular weight is 452 g/mol. The van der Waals surface area contributed by atoms with Gasteiger partial charge in [0.05, 0.1) is 16.0 Å². The zero-order valence-corrected chi connectivity index (χ0v) is 17.2. The van der Waals surface area contributed by atoms with Crippen LogP contribution in [-0.4, -0.2) is 49.8 Å². The molecular weight excluding hydrogens is 433 g/mol. The van der Waals surface area contributed by atoms with Gasteiger partial charge in [-0.05, 0) is 31.9 Å². The lowest BCUT2D eigenvalue weighted by atomic mass is 9.98. The van der Waals surface area contributed by atoms with Crippen molar-refractivity contribution in [2.75, 3.05) is 13.1 Å². The van der Waals surface area contributed by atoms with Gasteiger partial charge in [0.1, 0.15) is 4.90 Å². The van der Waals surface area contributed by atoms with E-state index in [1.165, 1.54) is 23.4 Å². The van der Waals surface area contributed by atoms with Crippen molar-refractivity contribution in [1.29, 1.82) is 0 Å². The molecule has 3 N–H and O–H groups in total. The molecule has 2 rings (SSSR count). The van der Waals surface area contributed by atoms with Crippen LogP contribution in [0.3, 0.4) is 0 Å². The molecule has 0 radical (unpaired) electrons. The molecule has 1 heterocycles. The Bertz CT molecular complexity index is 864. The first kappa shape index (κ1) is 22.4. The molecule has 1 aromatic carbocycles. The number of carbonyl (C=O) groups is 3. The predicted octanol–water partition coefficient (Wildman–Crippen LogP) is 1.52. The number of amides is 3. The fourth-order valence-corrected chi connectivity index (χ4v) is 5.30. The van der Waals surface area contributed by atoms with E-state index in [4.69, 9.17) is 33.7 Å². The van der Waals surface area contributed by atoms with Crippen LogP contribution >= 0.6 is 23.2 Å². The second-order valence-corrected chi connectivity index (χ2v) is 8.85. The van der Waals surface area contributed by atoms with E-state index < -0.39 is 40.0 Å². The zero-order chi connectivity index (χ0) is 21.1. The van der Waals surface area contributed by atoms with E-state index in [9.17, 15) is 22.8 Å².